The number of hydrazine groups is 1. The summed E-state index contributed by atoms with van der Waals surface area (Å²) in [5.41, 5.74) is 2.69. The quantitative estimate of drug-likeness (QED) is 0.644. The first-order valence-corrected chi connectivity index (χ1v) is 8.29. The molecule has 0 aliphatic heterocycles. The third-order valence-corrected chi connectivity index (χ3v) is 5.12. The van der Waals surface area contributed by atoms with Crippen LogP contribution in [0.3, 0.4) is 0 Å². The van der Waals surface area contributed by atoms with Crippen LogP contribution < -0.4 is 16.2 Å². The fourth-order valence-corrected chi connectivity index (χ4v) is 3.36. The van der Waals surface area contributed by atoms with Gasteiger partial charge < -0.3 is 10.3 Å². The summed E-state index contributed by atoms with van der Waals surface area (Å²) in [4.78, 5) is 11.6. The summed E-state index contributed by atoms with van der Waals surface area (Å²) < 4.78 is 0. The zero-order valence-corrected chi connectivity index (χ0v) is 13.2. The highest BCUT2D eigenvalue weighted by Gasteiger charge is 2.29. The lowest BCUT2D eigenvalue weighted by Gasteiger charge is -2.35. The summed E-state index contributed by atoms with van der Waals surface area (Å²) in [6, 6.07) is 2.57. The fraction of sp³-hybridized carbons (Fsp3) is 0.750. The van der Waals surface area contributed by atoms with E-state index in [-0.39, 0.29) is 0 Å². The maximum Gasteiger partial charge on any atom is 0.145 e. The summed E-state index contributed by atoms with van der Waals surface area (Å²) in [6.07, 6.45) is 8.95. The van der Waals surface area contributed by atoms with E-state index >= 15 is 0 Å². The lowest BCUT2D eigenvalue weighted by Crippen LogP contribution is -2.36. The number of nitrogens with one attached hydrogen (secondary N) is 1. The van der Waals surface area contributed by atoms with Crippen molar-refractivity contribution < 1.29 is 0 Å². The maximum atomic E-state index is 5.56. The van der Waals surface area contributed by atoms with Crippen molar-refractivity contribution in [3.05, 3.63) is 11.9 Å². The van der Waals surface area contributed by atoms with Gasteiger partial charge in [-0.1, -0.05) is 13.3 Å². The van der Waals surface area contributed by atoms with Crippen LogP contribution in [-0.4, -0.2) is 23.1 Å². The van der Waals surface area contributed by atoms with Crippen LogP contribution in [0.2, 0.25) is 0 Å². The molecule has 2 saturated carbocycles. The topological polar surface area (TPSA) is 67.1 Å². The van der Waals surface area contributed by atoms with Crippen molar-refractivity contribution >= 4 is 11.6 Å². The molecule has 3 rings (SSSR count). The smallest absolute Gasteiger partial charge is 0.145 e. The van der Waals surface area contributed by atoms with Crippen molar-refractivity contribution in [3.63, 3.8) is 0 Å². The van der Waals surface area contributed by atoms with E-state index in [9.17, 15) is 0 Å². The van der Waals surface area contributed by atoms with Crippen molar-refractivity contribution in [1.82, 2.24) is 9.97 Å². The Morgan fingerprint density at radius 1 is 1.19 bits per heavy atom. The molecule has 0 bridgehead atoms. The SMILES string of the molecule is CCC1CCC(N(C)c2cc(NN)nc(C3CC3)n2)CC1. The lowest BCUT2D eigenvalue weighted by atomic mass is 9.84. The van der Waals surface area contributed by atoms with Crippen molar-refractivity contribution in [3.8, 4) is 0 Å². The van der Waals surface area contributed by atoms with Gasteiger partial charge in [0, 0.05) is 25.1 Å². The van der Waals surface area contributed by atoms with Gasteiger partial charge in [-0.2, -0.15) is 0 Å². The van der Waals surface area contributed by atoms with Crippen LogP contribution in [0.5, 0.6) is 0 Å². The highest BCUT2D eigenvalue weighted by atomic mass is 15.3. The van der Waals surface area contributed by atoms with Gasteiger partial charge in [0.2, 0.25) is 0 Å². The van der Waals surface area contributed by atoms with Crippen LogP contribution in [0, 0.1) is 5.92 Å². The third kappa shape index (κ3) is 3.28. The van der Waals surface area contributed by atoms with Crippen LogP contribution in [0.4, 0.5) is 11.6 Å². The average Bonchev–Trinajstić information content (AvgIpc) is 3.38. The number of aromatic nitrogens is 2. The third-order valence-electron chi connectivity index (χ3n) is 5.12. The zero-order chi connectivity index (χ0) is 14.8. The number of nitrogens with zero attached hydrogens (tertiary/aromatic N) is 3. The normalized spacial score (nSPS) is 25.7. The molecule has 0 aromatic carbocycles. The van der Waals surface area contributed by atoms with E-state index in [0.29, 0.717) is 12.0 Å². The Morgan fingerprint density at radius 3 is 2.48 bits per heavy atom. The highest BCUT2D eigenvalue weighted by molar-refractivity contribution is 5.49. The van der Waals surface area contributed by atoms with E-state index in [1.54, 1.807) is 0 Å². The zero-order valence-electron chi connectivity index (χ0n) is 13.2. The molecule has 116 valence electrons. The highest BCUT2D eigenvalue weighted by Crippen LogP contribution is 2.39. The first-order chi connectivity index (χ1) is 10.2. The van der Waals surface area contributed by atoms with Crippen molar-refractivity contribution in [2.75, 3.05) is 17.4 Å². The molecule has 3 N–H and O–H groups in total. The molecule has 1 heterocycles. The molecule has 0 spiro atoms. The van der Waals surface area contributed by atoms with E-state index < -0.39 is 0 Å². The summed E-state index contributed by atoms with van der Waals surface area (Å²) in [5, 5.41) is 0. The maximum absolute atomic E-state index is 5.56. The molecule has 2 aliphatic rings. The molecule has 0 amide bonds. The standard InChI is InChI=1S/C16H27N5/c1-3-11-4-8-13(9-5-11)21(2)15-10-14(20-17)18-16(19-15)12-6-7-12/h10-13H,3-9,17H2,1-2H3,(H,18,19,20). The molecule has 1 aromatic rings. The van der Waals surface area contributed by atoms with Crippen LogP contribution in [0.25, 0.3) is 0 Å². The number of rotatable bonds is 5. The second-order valence-corrected chi connectivity index (χ2v) is 6.58. The summed E-state index contributed by atoms with van der Waals surface area (Å²) in [6.45, 7) is 2.31. The average molecular weight is 289 g/mol. The Labute approximate surface area is 127 Å². The molecule has 2 fully saturated rings. The number of hydrogen-bond donors (Lipinski definition) is 2. The molecule has 2 aliphatic carbocycles. The molecular weight excluding hydrogens is 262 g/mol. The van der Waals surface area contributed by atoms with E-state index in [4.69, 9.17) is 10.8 Å². The van der Waals surface area contributed by atoms with Gasteiger partial charge in [-0.05, 0) is 44.4 Å². The Morgan fingerprint density at radius 2 is 1.90 bits per heavy atom. The second kappa shape index (κ2) is 6.18. The van der Waals surface area contributed by atoms with Crippen LogP contribution in [0.15, 0.2) is 6.07 Å². The predicted octanol–water partition coefficient (Wildman–Crippen LogP) is 3.04. The lowest BCUT2D eigenvalue weighted by molar-refractivity contribution is 0.313. The fourth-order valence-electron chi connectivity index (χ4n) is 3.36. The van der Waals surface area contributed by atoms with Crippen LogP contribution in [0.1, 0.15) is 63.6 Å². The van der Waals surface area contributed by atoms with Crippen molar-refractivity contribution in [2.45, 2.75) is 63.8 Å². The summed E-state index contributed by atoms with van der Waals surface area (Å²) in [5.74, 6) is 9.73. The van der Waals surface area contributed by atoms with Crippen molar-refractivity contribution in [2.24, 2.45) is 11.8 Å². The minimum Gasteiger partial charge on any atom is -0.357 e. The monoisotopic (exact) mass is 289 g/mol. The van der Waals surface area contributed by atoms with E-state index in [0.717, 1.165) is 23.4 Å². The molecule has 21 heavy (non-hydrogen) atoms. The van der Waals surface area contributed by atoms with Crippen LogP contribution >= 0.6 is 0 Å². The van der Waals surface area contributed by atoms with Gasteiger partial charge >= 0.3 is 0 Å². The van der Waals surface area contributed by atoms with Gasteiger partial charge in [0.1, 0.15) is 17.5 Å². The second-order valence-electron chi connectivity index (χ2n) is 6.58. The Bertz CT molecular complexity index is 478. The van der Waals surface area contributed by atoms with Gasteiger partial charge in [-0.25, -0.2) is 15.8 Å². The van der Waals surface area contributed by atoms with Crippen LogP contribution in [-0.2, 0) is 0 Å². The molecule has 5 heteroatoms. The van der Waals surface area contributed by atoms with Gasteiger partial charge in [0.05, 0.1) is 0 Å². The molecule has 5 nitrogen and oxygen atoms in total. The first-order valence-electron chi connectivity index (χ1n) is 8.29. The molecule has 1 aromatic heterocycles. The van der Waals surface area contributed by atoms with E-state index in [1.807, 2.05) is 6.07 Å². The predicted molar refractivity (Wildman–Crippen MR) is 86.3 cm³/mol. The number of nitrogen functional groups attached to an aromatic ring is 1. The molecule has 0 atom stereocenters. The first kappa shape index (κ1) is 14.6. The minimum atomic E-state index is 0.543. The summed E-state index contributed by atoms with van der Waals surface area (Å²) in [7, 11) is 2.16. The Hall–Kier alpha value is -1.36. The molecule has 0 unspecified atom stereocenters. The minimum absolute atomic E-state index is 0.543. The van der Waals surface area contributed by atoms with E-state index in [2.05, 4.69) is 29.3 Å². The molecule has 0 radical (unpaired) electrons. The number of hydrogen-bond acceptors (Lipinski definition) is 5. The molecule has 0 saturated heterocycles. The molecular formula is C16H27N5. The summed E-state index contributed by atoms with van der Waals surface area (Å²) >= 11 is 0. The largest absolute Gasteiger partial charge is 0.357 e. The Kier molecular flexibility index (Phi) is 4.29. The van der Waals surface area contributed by atoms with Crippen molar-refractivity contribution in [1.29, 1.82) is 0 Å². The van der Waals surface area contributed by atoms with Gasteiger partial charge in [-0.15, -0.1) is 0 Å². The number of nitrogens with two attached hydrogens (primary N) is 1. The Balaban J connectivity index is 1.74. The van der Waals surface area contributed by atoms with Gasteiger partial charge in [0.15, 0.2) is 0 Å². The van der Waals surface area contributed by atoms with E-state index in [1.165, 1.54) is 44.9 Å². The number of anilines is 2. The van der Waals surface area contributed by atoms with Gasteiger partial charge in [-0.3, -0.25) is 0 Å². The van der Waals surface area contributed by atoms with Gasteiger partial charge in [0.25, 0.3) is 0 Å².